The van der Waals surface area contributed by atoms with Crippen LogP contribution in [0, 0.1) is 6.92 Å². The van der Waals surface area contributed by atoms with Crippen LogP contribution >= 0.6 is 7.60 Å². The van der Waals surface area contributed by atoms with Crippen LogP contribution in [0.2, 0.25) is 0 Å². The molecule has 1 aliphatic heterocycles. The zero-order chi connectivity index (χ0) is 12.0. The van der Waals surface area contributed by atoms with Gasteiger partial charge in [0.1, 0.15) is 10.9 Å². The number of hydrogen-bond acceptors (Lipinski definition) is 3. The van der Waals surface area contributed by atoms with Gasteiger partial charge in [0.15, 0.2) is 0 Å². The Labute approximate surface area is 96.3 Å². The van der Waals surface area contributed by atoms with E-state index in [1.165, 1.54) is 0 Å². The van der Waals surface area contributed by atoms with Crippen molar-refractivity contribution in [3.63, 3.8) is 0 Å². The Balaban J connectivity index is 2.53. The van der Waals surface area contributed by atoms with E-state index in [0.717, 1.165) is 11.1 Å². The zero-order valence-corrected chi connectivity index (χ0v) is 11.0. The van der Waals surface area contributed by atoms with Crippen LogP contribution in [0.4, 0.5) is 0 Å². The van der Waals surface area contributed by atoms with E-state index >= 15 is 0 Å². The summed E-state index contributed by atoms with van der Waals surface area (Å²) in [5, 5.41) is -0.563. The van der Waals surface area contributed by atoms with Gasteiger partial charge in [-0.05, 0) is 39.3 Å². The van der Waals surface area contributed by atoms with E-state index in [9.17, 15) is 4.57 Å². The van der Waals surface area contributed by atoms with Gasteiger partial charge in [-0.3, -0.25) is 4.52 Å². The molecule has 0 N–H and O–H groups in total. The topological polar surface area (TPSA) is 35.5 Å². The molecule has 1 aromatic carbocycles. The van der Waals surface area contributed by atoms with E-state index in [0.29, 0.717) is 12.4 Å². The second-order valence-corrected chi connectivity index (χ2v) is 7.12. The van der Waals surface area contributed by atoms with Crippen molar-refractivity contribution in [2.75, 3.05) is 6.61 Å². The first-order valence-electron chi connectivity index (χ1n) is 5.46. The van der Waals surface area contributed by atoms with Gasteiger partial charge in [0.2, 0.25) is 0 Å². The number of benzene rings is 1. The lowest BCUT2D eigenvalue weighted by atomic mass is 10.00. The molecule has 4 heteroatoms. The Hall–Kier alpha value is -0.790. The first-order chi connectivity index (χ1) is 7.40. The third-order valence-electron chi connectivity index (χ3n) is 3.00. The molecule has 1 atom stereocenters. The van der Waals surface area contributed by atoms with Crippen LogP contribution in [0.5, 0.6) is 5.75 Å². The Morgan fingerprint density at radius 3 is 2.75 bits per heavy atom. The molecule has 0 spiro atoms. The molecule has 1 aliphatic rings. The highest BCUT2D eigenvalue weighted by Gasteiger charge is 2.53. The lowest BCUT2D eigenvalue weighted by Gasteiger charge is -2.24. The minimum absolute atomic E-state index is 0.397. The summed E-state index contributed by atoms with van der Waals surface area (Å²) in [6, 6.07) is 5.89. The summed E-state index contributed by atoms with van der Waals surface area (Å²) in [6.07, 6.45) is 0. The van der Waals surface area contributed by atoms with Gasteiger partial charge in [-0.25, -0.2) is 4.57 Å². The third kappa shape index (κ3) is 1.50. The Morgan fingerprint density at radius 2 is 2.12 bits per heavy atom. The van der Waals surface area contributed by atoms with Gasteiger partial charge in [-0.15, -0.1) is 0 Å². The monoisotopic (exact) mass is 240 g/mol. The van der Waals surface area contributed by atoms with Gasteiger partial charge in [-0.2, -0.15) is 0 Å². The van der Waals surface area contributed by atoms with Crippen molar-refractivity contribution >= 4 is 7.60 Å². The van der Waals surface area contributed by atoms with Crippen LogP contribution in [0.3, 0.4) is 0 Å². The molecule has 1 heterocycles. The lowest BCUT2D eigenvalue weighted by molar-refractivity contribution is 0.270. The van der Waals surface area contributed by atoms with Crippen molar-refractivity contribution in [2.45, 2.75) is 32.9 Å². The molecule has 0 saturated heterocycles. The molecule has 2 rings (SSSR count). The van der Waals surface area contributed by atoms with Gasteiger partial charge < -0.3 is 4.52 Å². The molecule has 0 amide bonds. The zero-order valence-electron chi connectivity index (χ0n) is 10.1. The normalized spacial score (nSPS) is 26.2. The minimum Gasteiger partial charge on any atom is -0.423 e. The molecule has 0 fully saturated rings. The van der Waals surface area contributed by atoms with Crippen molar-refractivity contribution in [3.05, 3.63) is 29.3 Å². The SMILES string of the molecule is CCOP1(=O)Oc2cc(C)ccc2C1(C)C. The fourth-order valence-electron chi connectivity index (χ4n) is 1.96. The Bertz CT molecular complexity index is 465. The van der Waals surface area contributed by atoms with E-state index in [1.807, 2.05) is 45.9 Å². The average molecular weight is 240 g/mol. The first-order valence-corrected chi connectivity index (χ1v) is 7.00. The molecule has 0 aromatic heterocycles. The lowest BCUT2D eigenvalue weighted by Crippen LogP contribution is -2.15. The summed E-state index contributed by atoms with van der Waals surface area (Å²) in [4.78, 5) is 0. The van der Waals surface area contributed by atoms with Crippen molar-refractivity contribution in [1.29, 1.82) is 0 Å². The predicted molar refractivity (Wildman–Crippen MR) is 64.1 cm³/mol. The van der Waals surface area contributed by atoms with Crippen LogP contribution in [-0.2, 0) is 14.2 Å². The van der Waals surface area contributed by atoms with Gasteiger partial charge in [-0.1, -0.05) is 12.1 Å². The summed E-state index contributed by atoms with van der Waals surface area (Å²) < 4.78 is 23.5. The van der Waals surface area contributed by atoms with Crippen molar-refractivity contribution in [1.82, 2.24) is 0 Å². The van der Waals surface area contributed by atoms with Crippen LogP contribution in [0.25, 0.3) is 0 Å². The molecule has 16 heavy (non-hydrogen) atoms. The number of aryl methyl sites for hydroxylation is 1. The fourth-order valence-corrected chi connectivity index (χ4v) is 3.79. The summed E-state index contributed by atoms with van der Waals surface area (Å²) in [6.45, 7) is 8.02. The summed E-state index contributed by atoms with van der Waals surface area (Å²) in [5.74, 6) is 0.696. The number of rotatable bonds is 2. The minimum atomic E-state index is -3.07. The maximum Gasteiger partial charge on any atom is 0.389 e. The van der Waals surface area contributed by atoms with Crippen LogP contribution < -0.4 is 4.52 Å². The van der Waals surface area contributed by atoms with E-state index in [2.05, 4.69) is 0 Å². The Morgan fingerprint density at radius 1 is 1.44 bits per heavy atom. The summed E-state index contributed by atoms with van der Waals surface area (Å²) in [5.41, 5.74) is 2.06. The van der Waals surface area contributed by atoms with Crippen molar-refractivity contribution in [2.24, 2.45) is 0 Å². The van der Waals surface area contributed by atoms with Gasteiger partial charge in [0.05, 0.1) is 6.61 Å². The highest BCUT2D eigenvalue weighted by Crippen LogP contribution is 2.70. The quantitative estimate of drug-likeness (QED) is 0.736. The van der Waals surface area contributed by atoms with E-state index in [-0.39, 0.29) is 0 Å². The van der Waals surface area contributed by atoms with Gasteiger partial charge >= 0.3 is 7.60 Å². The molecular formula is C12H17O3P. The Kier molecular flexibility index (Phi) is 2.64. The highest BCUT2D eigenvalue weighted by molar-refractivity contribution is 7.56. The smallest absolute Gasteiger partial charge is 0.389 e. The molecule has 88 valence electrons. The standard InChI is InChI=1S/C12H17O3P/c1-5-14-16(13)12(3,4)10-7-6-9(2)8-11(10)15-16/h6-8H,5H2,1-4H3. The average Bonchev–Trinajstić information content (AvgIpc) is 2.34. The number of fused-ring (bicyclic) bond motifs is 1. The van der Waals surface area contributed by atoms with Crippen molar-refractivity contribution in [3.8, 4) is 5.75 Å². The van der Waals surface area contributed by atoms with Crippen LogP contribution in [0.15, 0.2) is 18.2 Å². The molecule has 0 bridgehead atoms. The maximum atomic E-state index is 12.6. The molecule has 0 saturated carbocycles. The fraction of sp³-hybridized carbons (Fsp3) is 0.500. The maximum absolute atomic E-state index is 12.6. The van der Waals surface area contributed by atoms with Gasteiger partial charge in [0.25, 0.3) is 0 Å². The summed E-state index contributed by atoms with van der Waals surface area (Å²) in [7, 11) is -3.07. The van der Waals surface area contributed by atoms with Crippen molar-refractivity contribution < 1.29 is 13.6 Å². The van der Waals surface area contributed by atoms with E-state index in [4.69, 9.17) is 9.05 Å². The van der Waals surface area contributed by atoms with E-state index < -0.39 is 12.8 Å². The molecule has 0 radical (unpaired) electrons. The number of hydrogen-bond donors (Lipinski definition) is 0. The largest absolute Gasteiger partial charge is 0.423 e. The first kappa shape index (κ1) is 11.7. The molecule has 3 nitrogen and oxygen atoms in total. The molecule has 1 aromatic rings. The highest BCUT2D eigenvalue weighted by atomic mass is 31.2. The third-order valence-corrected chi connectivity index (χ3v) is 5.64. The second-order valence-electron chi connectivity index (χ2n) is 4.57. The predicted octanol–water partition coefficient (Wildman–Crippen LogP) is 3.85. The molecular weight excluding hydrogens is 223 g/mol. The van der Waals surface area contributed by atoms with E-state index in [1.54, 1.807) is 0 Å². The van der Waals surface area contributed by atoms with Crippen LogP contribution in [-0.4, -0.2) is 6.61 Å². The second kappa shape index (κ2) is 3.61. The van der Waals surface area contributed by atoms with Crippen LogP contribution in [0.1, 0.15) is 31.9 Å². The molecule has 1 unspecified atom stereocenters. The summed E-state index contributed by atoms with van der Waals surface area (Å²) >= 11 is 0. The van der Waals surface area contributed by atoms with Gasteiger partial charge in [0, 0.05) is 5.56 Å². The molecule has 0 aliphatic carbocycles.